The van der Waals surface area contributed by atoms with E-state index in [2.05, 4.69) is 60.6 Å². The quantitative estimate of drug-likeness (QED) is 0.598. The smallest absolute Gasteiger partial charge is 0.397 e. The highest BCUT2D eigenvalue weighted by atomic mass is 31.2. The zero-order valence-corrected chi connectivity index (χ0v) is 17.0. The van der Waals surface area contributed by atoms with Gasteiger partial charge in [0.05, 0.1) is 12.2 Å². The predicted octanol–water partition coefficient (Wildman–Crippen LogP) is 6.16. The largest absolute Gasteiger partial charge is 0.426 e. The summed E-state index contributed by atoms with van der Waals surface area (Å²) in [5.74, 6) is 0.965. The van der Waals surface area contributed by atoms with Crippen molar-refractivity contribution in [2.75, 3.05) is 0 Å². The van der Waals surface area contributed by atoms with Crippen molar-refractivity contribution in [1.82, 2.24) is 0 Å². The molecule has 0 spiro atoms. The van der Waals surface area contributed by atoms with Crippen molar-refractivity contribution in [3.63, 3.8) is 0 Å². The van der Waals surface area contributed by atoms with Gasteiger partial charge in [-0.2, -0.15) is 0 Å². The van der Waals surface area contributed by atoms with Gasteiger partial charge in [-0.05, 0) is 37.0 Å². The van der Waals surface area contributed by atoms with E-state index in [0.717, 1.165) is 18.6 Å². The Balaban J connectivity index is 1.98. The van der Waals surface area contributed by atoms with Gasteiger partial charge >= 0.3 is 8.60 Å². The Morgan fingerprint density at radius 2 is 1.38 bits per heavy atom. The first-order valence-electron chi connectivity index (χ1n) is 9.03. The molecule has 3 nitrogen and oxygen atoms in total. The van der Waals surface area contributed by atoms with Crippen LogP contribution in [0.3, 0.4) is 0 Å². The molecule has 134 valence electrons. The summed E-state index contributed by atoms with van der Waals surface area (Å²) in [5.41, 5.74) is 3.76. The summed E-state index contributed by atoms with van der Waals surface area (Å²) in [4.78, 5) is 0. The summed E-state index contributed by atoms with van der Waals surface area (Å²) in [5, 5.41) is 0. The van der Waals surface area contributed by atoms with E-state index in [4.69, 9.17) is 13.6 Å². The Morgan fingerprint density at radius 3 is 1.79 bits per heavy atom. The zero-order chi connectivity index (χ0) is 17.7. The molecule has 1 aromatic rings. The van der Waals surface area contributed by atoms with E-state index in [1.165, 1.54) is 23.1 Å². The van der Waals surface area contributed by atoms with Crippen LogP contribution in [0.2, 0.25) is 0 Å². The molecule has 0 N–H and O–H groups in total. The molecule has 0 bridgehead atoms. The highest BCUT2D eigenvalue weighted by Crippen LogP contribution is 2.56. The van der Waals surface area contributed by atoms with Gasteiger partial charge in [-0.25, -0.2) is 0 Å². The van der Waals surface area contributed by atoms with Crippen molar-refractivity contribution in [2.24, 2.45) is 0 Å². The Morgan fingerprint density at radius 1 is 0.917 bits per heavy atom. The van der Waals surface area contributed by atoms with Crippen molar-refractivity contribution in [3.05, 3.63) is 28.8 Å². The van der Waals surface area contributed by atoms with Gasteiger partial charge in [-0.3, -0.25) is 9.05 Å². The lowest BCUT2D eigenvalue weighted by Crippen LogP contribution is -2.19. The van der Waals surface area contributed by atoms with Crippen LogP contribution < -0.4 is 4.52 Å². The van der Waals surface area contributed by atoms with Crippen LogP contribution in [0.15, 0.2) is 12.1 Å². The predicted molar refractivity (Wildman–Crippen MR) is 99.7 cm³/mol. The summed E-state index contributed by atoms with van der Waals surface area (Å²) < 4.78 is 18.6. The molecule has 0 amide bonds. The maximum Gasteiger partial charge on any atom is 0.397 e. The second kappa shape index (κ2) is 6.27. The van der Waals surface area contributed by atoms with Crippen LogP contribution >= 0.6 is 8.60 Å². The van der Waals surface area contributed by atoms with Gasteiger partial charge in [0.15, 0.2) is 0 Å². The summed E-state index contributed by atoms with van der Waals surface area (Å²) in [6, 6.07) is 4.49. The van der Waals surface area contributed by atoms with Crippen LogP contribution in [0.25, 0.3) is 0 Å². The average Bonchev–Trinajstić information content (AvgIpc) is 2.98. The lowest BCUT2D eigenvalue weighted by atomic mass is 9.78. The lowest BCUT2D eigenvalue weighted by molar-refractivity contribution is 0.187. The first-order valence-corrected chi connectivity index (χ1v) is 10.1. The Bertz CT molecular complexity index is 565. The standard InChI is InChI=1S/C20H31O3P/c1-13-11-14(19(2,3)4)18(15(12-13)20(5,6)7)23-24-21-16-9-8-10-17(16)22-24/h11-12,16-17H,8-10H2,1-7H3. The highest BCUT2D eigenvalue weighted by molar-refractivity contribution is 7.42. The molecule has 3 rings (SSSR count). The molecule has 1 heterocycles. The van der Waals surface area contributed by atoms with E-state index in [9.17, 15) is 0 Å². The number of benzene rings is 1. The molecule has 4 heteroatoms. The highest BCUT2D eigenvalue weighted by Gasteiger charge is 2.43. The summed E-state index contributed by atoms with van der Waals surface area (Å²) in [6.45, 7) is 15.6. The summed E-state index contributed by atoms with van der Waals surface area (Å²) >= 11 is 0. The Hall–Kier alpha value is -0.630. The van der Waals surface area contributed by atoms with E-state index in [1.807, 2.05) is 0 Å². The molecule has 1 aromatic carbocycles. The van der Waals surface area contributed by atoms with E-state index < -0.39 is 8.60 Å². The molecule has 2 atom stereocenters. The van der Waals surface area contributed by atoms with Gasteiger partial charge in [0, 0.05) is 11.1 Å². The van der Waals surface area contributed by atoms with Crippen molar-refractivity contribution in [1.29, 1.82) is 0 Å². The Labute approximate surface area is 148 Å². The van der Waals surface area contributed by atoms with Gasteiger partial charge in [0.25, 0.3) is 0 Å². The minimum atomic E-state index is -1.29. The van der Waals surface area contributed by atoms with Crippen LogP contribution in [0, 0.1) is 6.92 Å². The number of fused-ring (bicyclic) bond motifs is 1. The van der Waals surface area contributed by atoms with Gasteiger partial charge < -0.3 is 4.52 Å². The lowest BCUT2D eigenvalue weighted by Gasteiger charge is -2.30. The second-order valence-electron chi connectivity index (χ2n) is 9.22. The van der Waals surface area contributed by atoms with E-state index in [0.29, 0.717) is 0 Å². The molecule has 0 radical (unpaired) electrons. The molecule has 0 aromatic heterocycles. The maximum atomic E-state index is 6.40. The van der Waals surface area contributed by atoms with Crippen molar-refractivity contribution in [2.45, 2.75) is 90.8 Å². The molecule has 1 aliphatic heterocycles. The van der Waals surface area contributed by atoms with Crippen LogP contribution in [0.4, 0.5) is 0 Å². The van der Waals surface area contributed by atoms with E-state index in [-0.39, 0.29) is 23.0 Å². The molecule has 1 aliphatic carbocycles. The number of hydrogen-bond acceptors (Lipinski definition) is 3. The van der Waals surface area contributed by atoms with Gasteiger partial charge in [-0.1, -0.05) is 59.2 Å². The summed E-state index contributed by atoms with van der Waals surface area (Å²) in [7, 11) is -1.29. The molecule has 2 unspecified atom stereocenters. The van der Waals surface area contributed by atoms with Crippen molar-refractivity contribution < 1.29 is 13.6 Å². The number of hydrogen-bond donors (Lipinski definition) is 0. The van der Waals surface area contributed by atoms with Gasteiger partial charge in [0.1, 0.15) is 5.75 Å². The first kappa shape index (κ1) is 18.2. The molecular formula is C20H31O3P. The monoisotopic (exact) mass is 350 g/mol. The first-order chi connectivity index (χ1) is 11.1. The second-order valence-corrected chi connectivity index (χ2v) is 10.3. The third-order valence-corrected chi connectivity index (χ3v) is 6.07. The van der Waals surface area contributed by atoms with Crippen molar-refractivity contribution >= 4 is 8.60 Å². The topological polar surface area (TPSA) is 27.7 Å². The fraction of sp³-hybridized carbons (Fsp3) is 0.700. The number of rotatable bonds is 2. The molecule has 2 fully saturated rings. The van der Waals surface area contributed by atoms with Crippen LogP contribution in [-0.4, -0.2) is 12.2 Å². The van der Waals surface area contributed by atoms with Gasteiger partial charge in [-0.15, -0.1) is 0 Å². The van der Waals surface area contributed by atoms with Gasteiger partial charge in [0.2, 0.25) is 0 Å². The minimum Gasteiger partial charge on any atom is -0.426 e. The molecule has 24 heavy (non-hydrogen) atoms. The fourth-order valence-electron chi connectivity index (χ4n) is 3.48. The third kappa shape index (κ3) is 3.64. The van der Waals surface area contributed by atoms with Crippen LogP contribution in [0.5, 0.6) is 5.75 Å². The Kier molecular flexibility index (Phi) is 4.75. The molecule has 1 saturated carbocycles. The normalized spacial score (nSPS) is 27.4. The fourth-order valence-corrected chi connectivity index (χ4v) is 4.89. The molecule has 1 saturated heterocycles. The van der Waals surface area contributed by atoms with Crippen LogP contribution in [-0.2, 0) is 19.9 Å². The zero-order valence-electron chi connectivity index (χ0n) is 16.1. The van der Waals surface area contributed by atoms with E-state index in [1.54, 1.807) is 0 Å². The van der Waals surface area contributed by atoms with Crippen molar-refractivity contribution in [3.8, 4) is 5.75 Å². The summed E-state index contributed by atoms with van der Waals surface area (Å²) in [6.07, 6.45) is 3.86. The minimum absolute atomic E-state index is 0.00623. The average molecular weight is 350 g/mol. The SMILES string of the molecule is Cc1cc(C(C)(C)C)c(OP2OC3CCCC3O2)c(C(C)(C)C)c1. The maximum absolute atomic E-state index is 6.40. The molecule has 2 aliphatic rings. The molecular weight excluding hydrogens is 319 g/mol. The van der Waals surface area contributed by atoms with E-state index >= 15 is 0 Å². The third-order valence-electron chi connectivity index (χ3n) is 4.85. The number of aryl methyl sites for hydroxylation is 1. The van der Waals surface area contributed by atoms with Crippen LogP contribution in [0.1, 0.15) is 77.5 Å².